The summed E-state index contributed by atoms with van der Waals surface area (Å²) in [7, 11) is 1.84. The highest BCUT2D eigenvalue weighted by Crippen LogP contribution is 2.34. The van der Waals surface area contributed by atoms with Crippen molar-refractivity contribution in [1.82, 2.24) is 15.2 Å². The van der Waals surface area contributed by atoms with E-state index >= 15 is 0 Å². The van der Waals surface area contributed by atoms with Gasteiger partial charge in [0.2, 0.25) is 11.8 Å². The molecular formula is C20H18N4O4. The Bertz CT molecular complexity index is 989. The van der Waals surface area contributed by atoms with Crippen molar-refractivity contribution in [2.75, 3.05) is 11.9 Å². The number of pyridine rings is 1. The van der Waals surface area contributed by atoms with Crippen molar-refractivity contribution < 1.29 is 19.2 Å². The number of fused-ring (bicyclic) bond motifs is 1. The lowest BCUT2D eigenvalue weighted by Gasteiger charge is -2.28. The molecule has 8 nitrogen and oxygen atoms in total. The molecular weight excluding hydrogens is 360 g/mol. The fourth-order valence-electron chi connectivity index (χ4n) is 3.66. The number of anilines is 1. The van der Waals surface area contributed by atoms with Crippen molar-refractivity contribution in [2.45, 2.75) is 25.4 Å². The summed E-state index contributed by atoms with van der Waals surface area (Å²) < 4.78 is 0. The number of nitrogens with zero attached hydrogens (tertiary/aromatic N) is 3. The van der Waals surface area contributed by atoms with Crippen LogP contribution in [0.1, 0.15) is 39.1 Å². The summed E-state index contributed by atoms with van der Waals surface area (Å²) in [4.78, 5) is 56.5. The molecule has 8 heteroatoms. The van der Waals surface area contributed by atoms with Crippen LogP contribution in [-0.4, -0.2) is 46.6 Å². The average molecular weight is 378 g/mol. The molecule has 2 aromatic rings. The van der Waals surface area contributed by atoms with Crippen LogP contribution in [0.25, 0.3) is 0 Å². The first-order valence-electron chi connectivity index (χ1n) is 8.92. The molecule has 0 radical (unpaired) electrons. The molecule has 4 amide bonds. The normalized spacial score (nSPS) is 18.9. The lowest BCUT2D eigenvalue weighted by atomic mass is 10.0. The number of benzene rings is 1. The summed E-state index contributed by atoms with van der Waals surface area (Å²) in [6, 6.07) is 7.87. The number of carbonyl (C=O) groups excluding carboxylic acids is 4. The molecule has 1 saturated heterocycles. The maximum atomic E-state index is 13.1. The zero-order valence-corrected chi connectivity index (χ0v) is 15.2. The number of rotatable bonds is 4. The third-order valence-electron chi connectivity index (χ3n) is 5.03. The Balaban J connectivity index is 1.66. The number of hydrogen-bond donors (Lipinski definition) is 1. The second-order valence-corrected chi connectivity index (χ2v) is 6.86. The minimum absolute atomic E-state index is 0.0958. The Hall–Kier alpha value is -3.55. The highest BCUT2D eigenvalue weighted by molar-refractivity contribution is 6.25. The molecule has 1 N–H and O–H groups in total. The first kappa shape index (κ1) is 17.8. The Labute approximate surface area is 161 Å². The molecule has 0 bridgehead atoms. The molecule has 28 heavy (non-hydrogen) atoms. The summed E-state index contributed by atoms with van der Waals surface area (Å²) in [6.07, 6.45) is 3.62. The fraction of sp³-hybridized carbons (Fsp3) is 0.250. The van der Waals surface area contributed by atoms with E-state index in [-0.39, 0.29) is 24.0 Å². The van der Waals surface area contributed by atoms with Crippen LogP contribution >= 0.6 is 0 Å². The van der Waals surface area contributed by atoms with Gasteiger partial charge in [-0.2, -0.15) is 0 Å². The van der Waals surface area contributed by atoms with Gasteiger partial charge in [-0.25, -0.2) is 0 Å². The Kier molecular flexibility index (Phi) is 4.38. The van der Waals surface area contributed by atoms with E-state index in [9.17, 15) is 19.2 Å². The molecule has 4 rings (SSSR count). The Morgan fingerprint density at radius 3 is 2.57 bits per heavy atom. The smallest absolute Gasteiger partial charge is 0.264 e. The molecule has 1 aromatic heterocycles. The molecule has 0 saturated carbocycles. The van der Waals surface area contributed by atoms with Crippen LogP contribution in [0.5, 0.6) is 0 Å². The van der Waals surface area contributed by atoms with Crippen molar-refractivity contribution in [1.29, 1.82) is 0 Å². The highest BCUT2D eigenvalue weighted by atomic mass is 16.2. The minimum atomic E-state index is -0.969. The van der Waals surface area contributed by atoms with Crippen LogP contribution in [0.3, 0.4) is 0 Å². The predicted molar refractivity (Wildman–Crippen MR) is 99.5 cm³/mol. The van der Waals surface area contributed by atoms with E-state index in [1.807, 2.05) is 24.1 Å². The van der Waals surface area contributed by atoms with Crippen LogP contribution in [-0.2, 0) is 16.1 Å². The largest absolute Gasteiger partial charge is 0.370 e. The van der Waals surface area contributed by atoms with E-state index < -0.39 is 29.7 Å². The maximum absolute atomic E-state index is 13.1. The average Bonchev–Trinajstić information content (AvgIpc) is 2.94. The maximum Gasteiger partial charge on any atom is 0.264 e. The SMILES string of the molecule is CN(Cc1ccncc1)c1cccc2c1C(=O)N(C1CCC(=O)NC1=O)C2=O. The number of amides is 4. The van der Waals surface area contributed by atoms with Crippen molar-refractivity contribution in [3.8, 4) is 0 Å². The molecule has 0 aliphatic carbocycles. The van der Waals surface area contributed by atoms with E-state index in [1.165, 1.54) is 0 Å². The summed E-state index contributed by atoms with van der Waals surface area (Å²) >= 11 is 0. The molecule has 1 aromatic carbocycles. The Morgan fingerprint density at radius 1 is 1.11 bits per heavy atom. The summed E-state index contributed by atoms with van der Waals surface area (Å²) in [5.74, 6) is -2.02. The second kappa shape index (κ2) is 6.88. The first-order chi connectivity index (χ1) is 13.5. The highest BCUT2D eigenvalue weighted by Gasteiger charge is 2.45. The van der Waals surface area contributed by atoms with Gasteiger partial charge in [-0.1, -0.05) is 6.07 Å². The van der Waals surface area contributed by atoms with E-state index in [2.05, 4.69) is 10.3 Å². The molecule has 142 valence electrons. The lowest BCUT2D eigenvalue weighted by molar-refractivity contribution is -0.136. The number of piperidine rings is 1. The third kappa shape index (κ3) is 2.92. The zero-order valence-electron chi connectivity index (χ0n) is 15.2. The monoisotopic (exact) mass is 378 g/mol. The van der Waals surface area contributed by atoms with Gasteiger partial charge in [0.25, 0.3) is 11.8 Å². The summed E-state index contributed by atoms with van der Waals surface area (Å²) in [5.41, 5.74) is 2.18. The third-order valence-corrected chi connectivity index (χ3v) is 5.03. The number of nitrogens with one attached hydrogen (secondary N) is 1. The number of imide groups is 2. The molecule has 2 aliphatic rings. The van der Waals surface area contributed by atoms with E-state index in [0.29, 0.717) is 12.2 Å². The van der Waals surface area contributed by atoms with Crippen molar-refractivity contribution in [3.05, 3.63) is 59.4 Å². The quantitative estimate of drug-likeness (QED) is 0.801. The molecule has 0 spiro atoms. The topological polar surface area (TPSA) is 99.7 Å². The van der Waals surface area contributed by atoms with Gasteiger partial charge >= 0.3 is 0 Å². The van der Waals surface area contributed by atoms with Crippen LogP contribution in [0.15, 0.2) is 42.7 Å². The Morgan fingerprint density at radius 2 is 1.86 bits per heavy atom. The number of carbonyl (C=O) groups is 4. The van der Waals surface area contributed by atoms with Gasteiger partial charge in [0, 0.05) is 32.4 Å². The van der Waals surface area contributed by atoms with Crippen molar-refractivity contribution in [3.63, 3.8) is 0 Å². The van der Waals surface area contributed by atoms with Gasteiger partial charge < -0.3 is 4.90 Å². The van der Waals surface area contributed by atoms with Crippen LogP contribution in [0, 0.1) is 0 Å². The first-order valence-corrected chi connectivity index (χ1v) is 8.92. The van der Waals surface area contributed by atoms with Crippen molar-refractivity contribution >= 4 is 29.3 Å². The van der Waals surface area contributed by atoms with Gasteiger partial charge in [-0.3, -0.25) is 34.4 Å². The number of hydrogen-bond acceptors (Lipinski definition) is 6. The van der Waals surface area contributed by atoms with Crippen LogP contribution < -0.4 is 10.2 Å². The van der Waals surface area contributed by atoms with Gasteiger partial charge in [0.05, 0.1) is 16.8 Å². The molecule has 1 unspecified atom stereocenters. The van der Waals surface area contributed by atoms with E-state index in [4.69, 9.17) is 0 Å². The van der Waals surface area contributed by atoms with E-state index in [1.54, 1.807) is 30.6 Å². The zero-order chi connectivity index (χ0) is 19.8. The van der Waals surface area contributed by atoms with Crippen LogP contribution in [0.4, 0.5) is 5.69 Å². The fourth-order valence-corrected chi connectivity index (χ4v) is 3.66. The minimum Gasteiger partial charge on any atom is -0.370 e. The van der Waals surface area contributed by atoms with Gasteiger partial charge in [-0.15, -0.1) is 0 Å². The summed E-state index contributed by atoms with van der Waals surface area (Å²) in [5, 5.41) is 2.20. The van der Waals surface area contributed by atoms with E-state index in [0.717, 1.165) is 10.5 Å². The second-order valence-electron chi connectivity index (χ2n) is 6.86. The predicted octanol–water partition coefficient (Wildman–Crippen LogP) is 1.12. The molecule has 2 aliphatic heterocycles. The number of aromatic nitrogens is 1. The standard InChI is InChI=1S/C20H18N4O4/c1-23(11-12-7-9-21-10-8-12)14-4-2-3-13-17(14)20(28)24(19(13)27)15-5-6-16(25)22-18(15)26/h2-4,7-10,15H,5-6,11H2,1H3,(H,22,25,26). The van der Waals surface area contributed by atoms with Crippen LogP contribution in [0.2, 0.25) is 0 Å². The molecule has 1 fully saturated rings. The van der Waals surface area contributed by atoms with Crippen molar-refractivity contribution in [2.24, 2.45) is 0 Å². The van der Waals surface area contributed by atoms with Gasteiger partial charge in [0.1, 0.15) is 6.04 Å². The molecule has 1 atom stereocenters. The lowest BCUT2D eigenvalue weighted by Crippen LogP contribution is -2.54. The molecule has 3 heterocycles. The van der Waals surface area contributed by atoms with Gasteiger partial charge in [0.15, 0.2) is 0 Å². The van der Waals surface area contributed by atoms with Gasteiger partial charge in [-0.05, 0) is 36.2 Å². The summed E-state index contributed by atoms with van der Waals surface area (Å²) in [6.45, 7) is 0.527.